The Labute approximate surface area is 125 Å². The van der Waals surface area contributed by atoms with Gasteiger partial charge in [0.2, 0.25) is 0 Å². The van der Waals surface area contributed by atoms with Gasteiger partial charge in [-0.3, -0.25) is 0 Å². The van der Waals surface area contributed by atoms with Crippen molar-refractivity contribution in [1.82, 2.24) is 0 Å². The van der Waals surface area contributed by atoms with E-state index in [1.54, 1.807) is 12.1 Å². The number of aryl methyl sites for hydroxylation is 1. The summed E-state index contributed by atoms with van der Waals surface area (Å²) in [5.41, 5.74) is 2.23. The number of rotatable bonds is 3. The fourth-order valence-electron chi connectivity index (χ4n) is 1.57. The number of benzene rings is 2. The van der Waals surface area contributed by atoms with Crippen LogP contribution in [-0.2, 0) is 5.88 Å². The van der Waals surface area contributed by atoms with Crippen LogP contribution in [0.1, 0.15) is 11.1 Å². The Balaban J connectivity index is 2.26. The van der Waals surface area contributed by atoms with Crippen LogP contribution in [0.2, 0.25) is 5.02 Å². The van der Waals surface area contributed by atoms with E-state index in [9.17, 15) is 0 Å². The van der Waals surface area contributed by atoms with Crippen LogP contribution in [0.3, 0.4) is 0 Å². The predicted octanol–water partition coefficient (Wildman–Crippen LogP) is 5.94. The average Bonchev–Trinajstić information content (AvgIpc) is 2.33. The van der Waals surface area contributed by atoms with Crippen molar-refractivity contribution in [3.63, 3.8) is 0 Å². The van der Waals surface area contributed by atoms with Gasteiger partial charge in [-0.25, -0.2) is 0 Å². The quantitative estimate of drug-likeness (QED) is 0.625. The second kappa shape index (κ2) is 5.96. The van der Waals surface area contributed by atoms with Gasteiger partial charge < -0.3 is 4.74 Å². The zero-order valence-corrected chi connectivity index (χ0v) is 12.8. The first-order valence-electron chi connectivity index (χ1n) is 5.38. The van der Waals surface area contributed by atoms with Crippen LogP contribution >= 0.6 is 39.1 Å². The van der Waals surface area contributed by atoms with E-state index >= 15 is 0 Å². The van der Waals surface area contributed by atoms with Gasteiger partial charge in [0, 0.05) is 10.9 Å². The smallest absolute Gasteiger partial charge is 0.141 e. The molecule has 0 bridgehead atoms. The molecule has 0 aliphatic heterocycles. The highest BCUT2D eigenvalue weighted by atomic mass is 79.9. The van der Waals surface area contributed by atoms with Crippen molar-refractivity contribution in [2.45, 2.75) is 12.8 Å². The third-order valence-electron chi connectivity index (χ3n) is 2.58. The maximum atomic E-state index is 5.88. The van der Waals surface area contributed by atoms with Crippen LogP contribution in [0, 0.1) is 6.92 Å². The summed E-state index contributed by atoms with van der Waals surface area (Å²) in [5, 5.41) is 0.669. The summed E-state index contributed by atoms with van der Waals surface area (Å²) in [7, 11) is 0. The number of hydrogen-bond acceptors (Lipinski definition) is 1. The Bertz CT molecular complexity index is 570. The molecule has 0 N–H and O–H groups in total. The lowest BCUT2D eigenvalue weighted by molar-refractivity contribution is 0.479. The minimum atomic E-state index is 0.511. The van der Waals surface area contributed by atoms with E-state index in [-0.39, 0.29) is 0 Å². The van der Waals surface area contributed by atoms with Gasteiger partial charge in [0.25, 0.3) is 0 Å². The third-order valence-corrected chi connectivity index (χ3v) is 3.72. The van der Waals surface area contributed by atoms with Crippen LogP contribution < -0.4 is 4.74 Å². The van der Waals surface area contributed by atoms with Gasteiger partial charge in [0.05, 0.1) is 4.47 Å². The molecule has 0 aromatic heterocycles. The molecule has 2 aromatic rings. The van der Waals surface area contributed by atoms with Crippen LogP contribution in [0.25, 0.3) is 0 Å². The van der Waals surface area contributed by atoms with E-state index in [0.717, 1.165) is 27.1 Å². The largest absolute Gasteiger partial charge is 0.456 e. The van der Waals surface area contributed by atoms with Crippen molar-refractivity contribution in [2.24, 2.45) is 0 Å². The molecule has 0 amide bonds. The van der Waals surface area contributed by atoms with Gasteiger partial charge in [-0.05, 0) is 64.3 Å². The predicted molar refractivity (Wildman–Crippen MR) is 80.0 cm³/mol. The highest BCUT2D eigenvalue weighted by Gasteiger charge is 2.05. The summed E-state index contributed by atoms with van der Waals surface area (Å²) in [6, 6.07) is 11.3. The van der Waals surface area contributed by atoms with E-state index < -0.39 is 0 Å². The van der Waals surface area contributed by atoms with Crippen molar-refractivity contribution in [2.75, 3.05) is 0 Å². The molecule has 0 aliphatic carbocycles. The number of alkyl halides is 1. The maximum Gasteiger partial charge on any atom is 0.141 e. The Hall–Kier alpha value is -0.700. The minimum absolute atomic E-state index is 0.511. The molecule has 0 atom stereocenters. The first kappa shape index (κ1) is 13.7. The SMILES string of the molecule is Cc1cc(Oc2ccc(Cl)cc2Br)ccc1CCl. The monoisotopic (exact) mass is 344 g/mol. The van der Waals surface area contributed by atoms with Gasteiger partial charge in [-0.2, -0.15) is 0 Å². The Morgan fingerprint density at radius 3 is 2.56 bits per heavy atom. The van der Waals surface area contributed by atoms with Crippen LogP contribution in [0.4, 0.5) is 0 Å². The second-order valence-corrected chi connectivity index (χ2v) is 5.46. The van der Waals surface area contributed by atoms with Crippen molar-refractivity contribution in [1.29, 1.82) is 0 Å². The van der Waals surface area contributed by atoms with Gasteiger partial charge in [-0.1, -0.05) is 17.7 Å². The average molecular weight is 346 g/mol. The van der Waals surface area contributed by atoms with Crippen molar-refractivity contribution in [3.05, 3.63) is 57.0 Å². The fraction of sp³-hybridized carbons (Fsp3) is 0.143. The summed E-state index contributed by atoms with van der Waals surface area (Å²) in [6.07, 6.45) is 0. The molecule has 0 aliphatic rings. The zero-order valence-electron chi connectivity index (χ0n) is 9.71. The van der Waals surface area contributed by atoms with E-state index in [0.29, 0.717) is 10.9 Å². The normalized spacial score (nSPS) is 10.4. The molecule has 0 spiro atoms. The highest BCUT2D eigenvalue weighted by molar-refractivity contribution is 9.10. The Morgan fingerprint density at radius 1 is 1.17 bits per heavy atom. The second-order valence-electron chi connectivity index (χ2n) is 3.90. The minimum Gasteiger partial charge on any atom is -0.456 e. The summed E-state index contributed by atoms with van der Waals surface area (Å²) in [6.45, 7) is 2.02. The van der Waals surface area contributed by atoms with E-state index in [2.05, 4.69) is 15.9 Å². The fourth-order valence-corrected chi connectivity index (χ4v) is 2.63. The van der Waals surface area contributed by atoms with E-state index in [1.165, 1.54) is 0 Å². The van der Waals surface area contributed by atoms with Crippen LogP contribution in [-0.4, -0.2) is 0 Å². The van der Waals surface area contributed by atoms with Crippen molar-refractivity contribution in [3.8, 4) is 11.5 Å². The molecular formula is C14H11BrCl2O. The zero-order chi connectivity index (χ0) is 13.1. The van der Waals surface area contributed by atoms with Gasteiger partial charge in [-0.15, -0.1) is 11.6 Å². The maximum absolute atomic E-state index is 5.88. The summed E-state index contributed by atoms with van der Waals surface area (Å²) in [5.74, 6) is 2.03. The molecule has 4 heteroatoms. The Morgan fingerprint density at radius 2 is 1.94 bits per heavy atom. The van der Waals surface area contributed by atoms with Crippen molar-refractivity contribution < 1.29 is 4.74 Å². The molecule has 0 unspecified atom stereocenters. The van der Waals surface area contributed by atoms with Gasteiger partial charge >= 0.3 is 0 Å². The summed E-state index contributed by atoms with van der Waals surface area (Å²) >= 11 is 15.1. The summed E-state index contributed by atoms with van der Waals surface area (Å²) in [4.78, 5) is 0. The Kier molecular flexibility index (Phi) is 4.55. The lowest BCUT2D eigenvalue weighted by Gasteiger charge is -2.10. The van der Waals surface area contributed by atoms with Crippen LogP contribution in [0.15, 0.2) is 40.9 Å². The van der Waals surface area contributed by atoms with E-state index in [4.69, 9.17) is 27.9 Å². The third kappa shape index (κ3) is 3.19. The molecule has 0 fully saturated rings. The molecule has 2 rings (SSSR count). The lowest BCUT2D eigenvalue weighted by atomic mass is 10.1. The van der Waals surface area contributed by atoms with Crippen LogP contribution in [0.5, 0.6) is 11.5 Å². The first-order valence-corrected chi connectivity index (χ1v) is 7.09. The number of hydrogen-bond donors (Lipinski definition) is 0. The van der Waals surface area contributed by atoms with E-state index in [1.807, 2.05) is 31.2 Å². The first-order chi connectivity index (χ1) is 8.60. The molecule has 18 heavy (non-hydrogen) atoms. The highest BCUT2D eigenvalue weighted by Crippen LogP contribution is 2.32. The van der Waals surface area contributed by atoms with Crippen molar-refractivity contribution >= 4 is 39.1 Å². The van der Waals surface area contributed by atoms with Gasteiger partial charge in [0.1, 0.15) is 11.5 Å². The molecular weight excluding hydrogens is 335 g/mol. The molecule has 0 saturated carbocycles. The number of ether oxygens (including phenoxy) is 1. The molecule has 0 saturated heterocycles. The molecule has 94 valence electrons. The lowest BCUT2D eigenvalue weighted by Crippen LogP contribution is -1.89. The molecule has 0 heterocycles. The van der Waals surface area contributed by atoms with Gasteiger partial charge in [0.15, 0.2) is 0 Å². The summed E-state index contributed by atoms with van der Waals surface area (Å²) < 4.78 is 6.62. The standard InChI is InChI=1S/C14H11BrCl2O/c1-9-6-12(4-2-10(9)8-16)18-14-5-3-11(17)7-13(14)15/h2-7H,8H2,1H3. The molecule has 0 radical (unpaired) electrons. The topological polar surface area (TPSA) is 9.23 Å². The molecule has 2 aromatic carbocycles. The number of halogens is 3. The molecule has 1 nitrogen and oxygen atoms in total.